The van der Waals surface area contributed by atoms with Crippen LogP contribution in [0.15, 0.2) is 54.7 Å². The van der Waals surface area contributed by atoms with E-state index in [1.54, 1.807) is 60.6 Å². The van der Waals surface area contributed by atoms with E-state index in [1.807, 2.05) is 6.07 Å². The van der Waals surface area contributed by atoms with Gasteiger partial charge in [0.2, 0.25) is 10.0 Å². The first-order chi connectivity index (χ1) is 17.1. The molecule has 1 amide bonds. The topological polar surface area (TPSA) is 132 Å². The van der Waals surface area contributed by atoms with Crippen LogP contribution in [-0.2, 0) is 14.8 Å². The second-order valence-electron chi connectivity index (χ2n) is 8.99. The number of aliphatic hydroxyl groups is 1. The second kappa shape index (κ2) is 10.7. The first-order valence-electron chi connectivity index (χ1n) is 11.5. The lowest BCUT2D eigenvalue weighted by Gasteiger charge is -2.32. The number of nitrogens with one attached hydrogen (secondary N) is 1. The molecule has 0 aliphatic carbocycles. The third-order valence-electron chi connectivity index (χ3n) is 6.17. The SMILES string of the molecule is CN(C(=O)COc1ccc(NS(C)(=O)=O)c2ncccc12)C(CN1CC[C@H](O)C1)c1cccc(O)c1. The zero-order chi connectivity index (χ0) is 25.9. The van der Waals surface area contributed by atoms with Crippen LogP contribution in [-0.4, -0.2) is 85.0 Å². The number of aromatic nitrogens is 1. The van der Waals surface area contributed by atoms with E-state index in [0.717, 1.165) is 18.4 Å². The number of benzene rings is 2. The van der Waals surface area contributed by atoms with Crippen molar-refractivity contribution in [2.45, 2.75) is 18.6 Å². The van der Waals surface area contributed by atoms with Crippen molar-refractivity contribution in [3.8, 4) is 11.5 Å². The maximum Gasteiger partial charge on any atom is 0.260 e. The van der Waals surface area contributed by atoms with E-state index < -0.39 is 10.0 Å². The molecule has 11 heteroatoms. The Labute approximate surface area is 210 Å². The van der Waals surface area contributed by atoms with Gasteiger partial charge in [-0.1, -0.05) is 12.1 Å². The zero-order valence-electron chi connectivity index (χ0n) is 20.2. The van der Waals surface area contributed by atoms with Crippen molar-refractivity contribution in [1.29, 1.82) is 0 Å². The molecule has 1 saturated heterocycles. The molecule has 1 aliphatic heterocycles. The molecule has 10 nitrogen and oxygen atoms in total. The van der Waals surface area contributed by atoms with Gasteiger partial charge in [-0.05, 0) is 48.4 Å². The van der Waals surface area contributed by atoms with Crippen LogP contribution >= 0.6 is 0 Å². The van der Waals surface area contributed by atoms with Gasteiger partial charge >= 0.3 is 0 Å². The Hall–Kier alpha value is -3.41. The Kier molecular flexibility index (Phi) is 7.62. The summed E-state index contributed by atoms with van der Waals surface area (Å²) in [7, 11) is -1.81. The van der Waals surface area contributed by atoms with E-state index in [0.29, 0.717) is 41.9 Å². The van der Waals surface area contributed by atoms with E-state index in [-0.39, 0.29) is 30.4 Å². The average Bonchev–Trinajstić information content (AvgIpc) is 3.25. The van der Waals surface area contributed by atoms with Gasteiger partial charge in [0.1, 0.15) is 11.5 Å². The normalized spacial score (nSPS) is 17.1. The molecular weight excluding hydrogens is 484 g/mol. The van der Waals surface area contributed by atoms with Crippen molar-refractivity contribution in [3.63, 3.8) is 0 Å². The van der Waals surface area contributed by atoms with Crippen LogP contribution in [0.4, 0.5) is 5.69 Å². The number of carbonyl (C=O) groups is 1. The van der Waals surface area contributed by atoms with Crippen molar-refractivity contribution in [1.82, 2.24) is 14.8 Å². The molecule has 4 rings (SSSR count). The summed E-state index contributed by atoms with van der Waals surface area (Å²) < 4.78 is 31.7. The number of carbonyl (C=O) groups excluding carboxylic acids is 1. The van der Waals surface area contributed by atoms with Gasteiger partial charge in [0.15, 0.2) is 6.61 Å². The van der Waals surface area contributed by atoms with Crippen LogP contribution in [0.2, 0.25) is 0 Å². The number of fused-ring (bicyclic) bond motifs is 1. The molecule has 0 saturated carbocycles. The van der Waals surface area contributed by atoms with Crippen molar-refractivity contribution >= 4 is 32.5 Å². The van der Waals surface area contributed by atoms with E-state index in [1.165, 1.54) is 0 Å². The maximum atomic E-state index is 13.2. The number of ether oxygens (including phenoxy) is 1. The largest absolute Gasteiger partial charge is 0.508 e. The summed E-state index contributed by atoms with van der Waals surface area (Å²) in [5.74, 6) is 0.228. The number of likely N-dealkylation sites (tertiary alicyclic amines) is 1. The summed E-state index contributed by atoms with van der Waals surface area (Å²) >= 11 is 0. The van der Waals surface area contributed by atoms with Gasteiger partial charge in [-0.2, -0.15) is 0 Å². The number of likely N-dealkylation sites (N-methyl/N-ethyl adjacent to an activating group) is 1. The number of aliphatic hydroxyl groups excluding tert-OH is 1. The Bertz CT molecular complexity index is 1350. The number of hydrogen-bond acceptors (Lipinski definition) is 8. The highest BCUT2D eigenvalue weighted by atomic mass is 32.2. The molecular formula is C25H30N4O6S. The van der Waals surface area contributed by atoms with Crippen LogP contribution in [0, 0.1) is 0 Å². The first-order valence-corrected chi connectivity index (χ1v) is 13.4. The Morgan fingerprint density at radius 2 is 2.08 bits per heavy atom. The number of phenolic OH excluding ortho intramolecular Hbond substituents is 1. The van der Waals surface area contributed by atoms with Crippen LogP contribution < -0.4 is 9.46 Å². The monoisotopic (exact) mass is 514 g/mol. The molecule has 3 N–H and O–H groups in total. The summed E-state index contributed by atoms with van der Waals surface area (Å²) in [6.45, 7) is 1.50. The third-order valence-corrected chi connectivity index (χ3v) is 6.76. The Morgan fingerprint density at radius 3 is 2.78 bits per heavy atom. The average molecular weight is 515 g/mol. The molecule has 192 valence electrons. The molecule has 2 aromatic carbocycles. The summed E-state index contributed by atoms with van der Waals surface area (Å²) in [5.41, 5.74) is 1.50. The Balaban J connectivity index is 1.52. The number of rotatable bonds is 9. The van der Waals surface area contributed by atoms with Gasteiger partial charge < -0.3 is 19.8 Å². The van der Waals surface area contributed by atoms with Crippen LogP contribution in [0.3, 0.4) is 0 Å². The number of β-amino-alcohol motifs (C(OH)–C–C–N with tert-alkyl or cyclic N) is 1. The second-order valence-corrected chi connectivity index (χ2v) is 10.7. The van der Waals surface area contributed by atoms with Crippen LogP contribution in [0.5, 0.6) is 11.5 Å². The number of nitrogens with zero attached hydrogens (tertiary/aromatic N) is 3. The van der Waals surface area contributed by atoms with Crippen LogP contribution in [0.1, 0.15) is 18.0 Å². The number of amides is 1. The van der Waals surface area contributed by atoms with Crippen molar-refractivity contribution in [3.05, 3.63) is 60.3 Å². The van der Waals surface area contributed by atoms with Gasteiger partial charge in [-0.25, -0.2) is 8.42 Å². The number of hydrogen-bond donors (Lipinski definition) is 3. The maximum absolute atomic E-state index is 13.2. The fourth-order valence-electron chi connectivity index (χ4n) is 4.38. The first kappa shape index (κ1) is 25.7. The minimum Gasteiger partial charge on any atom is -0.508 e. The number of anilines is 1. The Morgan fingerprint density at radius 1 is 1.28 bits per heavy atom. The highest BCUT2D eigenvalue weighted by Crippen LogP contribution is 2.31. The number of sulfonamides is 1. The molecule has 1 aromatic heterocycles. The number of phenols is 1. The smallest absolute Gasteiger partial charge is 0.260 e. The van der Waals surface area contributed by atoms with Crippen LogP contribution in [0.25, 0.3) is 10.9 Å². The van der Waals surface area contributed by atoms with Gasteiger partial charge in [0.25, 0.3) is 5.91 Å². The van der Waals surface area contributed by atoms with Crippen molar-refractivity contribution < 1.29 is 28.2 Å². The van der Waals surface area contributed by atoms with Gasteiger partial charge in [0.05, 0.1) is 29.6 Å². The summed E-state index contributed by atoms with van der Waals surface area (Å²) in [6.07, 6.45) is 2.90. The lowest BCUT2D eigenvalue weighted by atomic mass is 10.0. The lowest BCUT2D eigenvalue weighted by molar-refractivity contribution is -0.134. The molecule has 2 heterocycles. The lowest BCUT2D eigenvalue weighted by Crippen LogP contribution is -2.40. The minimum absolute atomic E-state index is 0.109. The van der Waals surface area contributed by atoms with Gasteiger partial charge in [-0.15, -0.1) is 0 Å². The van der Waals surface area contributed by atoms with E-state index in [4.69, 9.17) is 4.74 Å². The minimum atomic E-state index is -3.50. The molecule has 36 heavy (non-hydrogen) atoms. The fraction of sp³-hybridized carbons (Fsp3) is 0.360. The molecule has 0 spiro atoms. The van der Waals surface area contributed by atoms with E-state index >= 15 is 0 Å². The van der Waals surface area contributed by atoms with Crippen molar-refractivity contribution in [2.24, 2.45) is 0 Å². The number of pyridine rings is 1. The summed E-state index contributed by atoms with van der Waals surface area (Å²) in [5, 5.41) is 20.5. The van der Waals surface area contributed by atoms with Crippen molar-refractivity contribution in [2.75, 3.05) is 44.3 Å². The highest BCUT2D eigenvalue weighted by Gasteiger charge is 2.28. The molecule has 0 bridgehead atoms. The van der Waals surface area contributed by atoms with Gasteiger partial charge in [-0.3, -0.25) is 19.4 Å². The predicted octanol–water partition coefficient (Wildman–Crippen LogP) is 1.96. The van der Waals surface area contributed by atoms with E-state index in [9.17, 15) is 23.4 Å². The molecule has 0 radical (unpaired) electrons. The molecule has 3 aromatic rings. The third kappa shape index (κ3) is 6.23. The zero-order valence-corrected chi connectivity index (χ0v) is 21.0. The van der Waals surface area contributed by atoms with E-state index in [2.05, 4.69) is 14.6 Å². The molecule has 2 atom stereocenters. The fourth-order valence-corrected chi connectivity index (χ4v) is 4.94. The number of aromatic hydroxyl groups is 1. The molecule has 1 unspecified atom stereocenters. The standard InChI is InChI=1S/C25H30N4O6S/c1-28(22(15-29-12-10-19(31)14-29)17-5-3-6-18(30)13-17)24(32)16-35-23-9-8-21(27-36(2,33)34)25-20(23)7-4-11-26-25/h3-9,11,13,19,22,27,30-31H,10,12,14-16H2,1-2H3/t19-,22?/m0/s1. The highest BCUT2D eigenvalue weighted by molar-refractivity contribution is 7.92. The summed E-state index contributed by atoms with van der Waals surface area (Å²) in [4.78, 5) is 21.2. The molecule has 1 fully saturated rings. The van der Waals surface area contributed by atoms with Gasteiger partial charge in [0, 0.05) is 38.3 Å². The molecule has 1 aliphatic rings. The summed E-state index contributed by atoms with van der Waals surface area (Å²) in [6, 6.07) is 13.0. The quantitative estimate of drug-likeness (QED) is 0.395. The predicted molar refractivity (Wildman–Crippen MR) is 136 cm³/mol.